The van der Waals surface area contributed by atoms with Crippen molar-refractivity contribution in [2.75, 3.05) is 23.4 Å². The molecule has 0 bridgehead atoms. The van der Waals surface area contributed by atoms with Crippen LogP contribution in [0.5, 0.6) is 5.75 Å². The summed E-state index contributed by atoms with van der Waals surface area (Å²) in [5, 5.41) is 5.40. The van der Waals surface area contributed by atoms with E-state index in [1.54, 1.807) is 41.3 Å². The Morgan fingerprint density at radius 2 is 1.85 bits per heavy atom. The first-order valence-corrected chi connectivity index (χ1v) is 10.4. The lowest BCUT2D eigenvalue weighted by Crippen LogP contribution is -2.32. The Morgan fingerprint density at radius 3 is 2.55 bits per heavy atom. The first-order valence-electron chi connectivity index (χ1n) is 10.4. The molecule has 0 saturated carbocycles. The van der Waals surface area contributed by atoms with Crippen LogP contribution >= 0.6 is 0 Å². The van der Waals surface area contributed by atoms with E-state index >= 15 is 0 Å². The smallest absolute Gasteiger partial charge is 0.262 e. The van der Waals surface area contributed by atoms with E-state index in [4.69, 9.17) is 9.15 Å². The number of furan rings is 1. The van der Waals surface area contributed by atoms with Gasteiger partial charge in [0, 0.05) is 24.3 Å². The number of ether oxygens (including phenoxy) is 1. The maximum absolute atomic E-state index is 12.9. The molecule has 9 heteroatoms. The second-order valence-electron chi connectivity index (χ2n) is 7.54. The molecule has 3 amide bonds. The number of anilines is 2. The second kappa shape index (κ2) is 9.99. The zero-order valence-electron chi connectivity index (χ0n) is 17.6. The number of amides is 3. The van der Waals surface area contributed by atoms with Crippen LogP contribution in [-0.2, 0) is 20.9 Å². The fraction of sp³-hybridized carbons (Fsp3) is 0.208. The lowest BCUT2D eigenvalue weighted by molar-refractivity contribution is -0.126. The highest BCUT2D eigenvalue weighted by molar-refractivity contribution is 6.00. The Morgan fingerprint density at radius 1 is 1.09 bits per heavy atom. The van der Waals surface area contributed by atoms with Gasteiger partial charge in [-0.25, -0.2) is 4.39 Å². The van der Waals surface area contributed by atoms with Crippen molar-refractivity contribution in [2.24, 2.45) is 5.92 Å². The monoisotopic (exact) mass is 451 g/mol. The van der Waals surface area contributed by atoms with Crippen LogP contribution in [0.4, 0.5) is 15.8 Å². The standard InChI is InChI=1S/C24H22FN3O5/c25-17-3-5-18(6-4-17)27-22(29)15-33-20-9-7-19(8-10-20)28-14-16(12-23(28)30)24(31)26-13-21-2-1-11-32-21/h1-11,16H,12-15H2,(H,26,31)(H,27,29)/t16-/m1/s1. The van der Waals surface area contributed by atoms with Crippen molar-refractivity contribution in [3.05, 3.63) is 78.5 Å². The molecule has 1 aromatic heterocycles. The summed E-state index contributed by atoms with van der Waals surface area (Å²) in [6.07, 6.45) is 1.67. The van der Waals surface area contributed by atoms with Gasteiger partial charge < -0.3 is 24.7 Å². The topological polar surface area (TPSA) is 101 Å². The minimum atomic E-state index is -0.446. The second-order valence-corrected chi connectivity index (χ2v) is 7.54. The first kappa shape index (κ1) is 22.1. The number of rotatable bonds is 8. The molecule has 1 fully saturated rings. The van der Waals surface area contributed by atoms with Gasteiger partial charge in [-0.05, 0) is 60.7 Å². The molecule has 170 valence electrons. The molecule has 2 aromatic carbocycles. The van der Waals surface area contributed by atoms with Crippen LogP contribution in [0.3, 0.4) is 0 Å². The normalized spacial score (nSPS) is 15.4. The molecule has 1 saturated heterocycles. The maximum atomic E-state index is 12.9. The molecular formula is C24H22FN3O5. The van der Waals surface area contributed by atoms with Gasteiger partial charge in [0.2, 0.25) is 11.8 Å². The Kier molecular flexibility index (Phi) is 6.68. The summed E-state index contributed by atoms with van der Waals surface area (Å²) in [5.74, 6) is -0.460. The third kappa shape index (κ3) is 5.76. The van der Waals surface area contributed by atoms with Crippen LogP contribution in [0.2, 0.25) is 0 Å². The minimum Gasteiger partial charge on any atom is -0.484 e. The van der Waals surface area contributed by atoms with Crippen molar-refractivity contribution >= 4 is 29.1 Å². The molecule has 1 atom stereocenters. The van der Waals surface area contributed by atoms with Crippen molar-refractivity contribution in [1.29, 1.82) is 0 Å². The number of nitrogens with zero attached hydrogens (tertiary/aromatic N) is 1. The quantitative estimate of drug-likeness (QED) is 0.548. The zero-order chi connectivity index (χ0) is 23.2. The molecule has 4 rings (SSSR count). The van der Waals surface area contributed by atoms with E-state index in [-0.39, 0.29) is 49.7 Å². The minimum absolute atomic E-state index is 0.131. The van der Waals surface area contributed by atoms with Crippen LogP contribution in [0, 0.1) is 11.7 Å². The van der Waals surface area contributed by atoms with Crippen molar-refractivity contribution < 1.29 is 27.9 Å². The summed E-state index contributed by atoms with van der Waals surface area (Å²) < 4.78 is 23.6. The fourth-order valence-corrected chi connectivity index (χ4v) is 3.47. The van der Waals surface area contributed by atoms with Gasteiger partial charge in [-0.3, -0.25) is 14.4 Å². The van der Waals surface area contributed by atoms with E-state index in [1.807, 2.05) is 0 Å². The van der Waals surface area contributed by atoms with Gasteiger partial charge in [0.15, 0.2) is 6.61 Å². The largest absolute Gasteiger partial charge is 0.484 e. The van der Waals surface area contributed by atoms with E-state index in [0.717, 1.165) is 0 Å². The highest BCUT2D eigenvalue weighted by atomic mass is 19.1. The van der Waals surface area contributed by atoms with Gasteiger partial charge in [-0.1, -0.05) is 0 Å². The predicted octanol–water partition coefficient (Wildman–Crippen LogP) is 3.11. The molecule has 1 aliphatic heterocycles. The lowest BCUT2D eigenvalue weighted by Gasteiger charge is -2.17. The molecule has 8 nitrogen and oxygen atoms in total. The Bertz CT molecular complexity index is 1110. The zero-order valence-corrected chi connectivity index (χ0v) is 17.6. The van der Waals surface area contributed by atoms with Crippen LogP contribution in [0.25, 0.3) is 0 Å². The molecule has 2 heterocycles. The highest BCUT2D eigenvalue weighted by Gasteiger charge is 2.35. The van der Waals surface area contributed by atoms with E-state index < -0.39 is 5.92 Å². The molecule has 1 aliphatic rings. The SMILES string of the molecule is O=C(COc1ccc(N2C[C@H](C(=O)NCc3ccco3)CC2=O)cc1)Nc1ccc(F)cc1. The van der Waals surface area contributed by atoms with Crippen LogP contribution in [0.1, 0.15) is 12.2 Å². The van der Waals surface area contributed by atoms with Gasteiger partial charge in [0.1, 0.15) is 17.3 Å². The van der Waals surface area contributed by atoms with Crippen molar-refractivity contribution in [3.63, 3.8) is 0 Å². The molecule has 0 radical (unpaired) electrons. The summed E-state index contributed by atoms with van der Waals surface area (Å²) >= 11 is 0. The summed E-state index contributed by atoms with van der Waals surface area (Å²) in [5.41, 5.74) is 1.11. The Hall–Kier alpha value is -4.14. The third-order valence-electron chi connectivity index (χ3n) is 5.16. The van der Waals surface area contributed by atoms with Crippen LogP contribution in [-0.4, -0.2) is 30.9 Å². The van der Waals surface area contributed by atoms with Crippen molar-refractivity contribution in [2.45, 2.75) is 13.0 Å². The number of hydrogen-bond acceptors (Lipinski definition) is 5. The number of halogens is 1. The summed E-state index contributed by atoms with van der Waals surface area (Å²) in [7, 11) is 0. The molecule has 3 aromatic rings. The highest BCUT2D eigenvalue weighted by Crippen LogP contribution is 2.27. The number of carbonyl (C=O) groups is 3. The fourth-order valence-electron chi connectivity index (χ4n) is 3.47. The molecule has 33 heavy (non-hydrogen) atoms. The van der Waals surface area contributed by atoms with Gasteiger partial charge in [-0.2, -0.15) is 0 Å². The van der Waals surface area contributed by atoms with E-state index in [9.17, 15) is 18.8 Å². The number of benzene rings is 2. The molecular weight excluding hydrogens is 429 g/mol. The maximum Gasteiger partial charge on any atom is 0.262 e. The average Bonchev–Trinajstić information content (AvgIpc) is 3.48. The average molecular weight is 451 g/mol. The van der Waals surface area contributed by atoms with E-state index in [1.165, 1.54) is 30.5 Å². The Labute approximate surface area is 189 Å². The van der Waals surface area contributed by atoms with Crippen LogP contribution < -0.4 is 20.3 Å². The number of hydrogen-bond donors (Lipinski definition) is 2. The first-order chi connectivity index (χ1) is 16.0. The van der Waals surface area contributed by atoms with E-state index in [2.05, 4.69) is 10.6 Å². The van der Waals surface area contributed by atoms with Gasteiger partial charge >= 0.3 is 0 Å². The molecule has 2 N–H and O–H groups in total. The van der Waals surface area contributed by atoms with E-state index in [0.29, 0.717) is 22.9 Å². The third-order valence-corrected chi connectivity index (χ3v) is 5.16. The number of nitrogens with one attached hydrogen (secondary N) is 2. The molecule has 0 unspecified atom stereocenters. The van der Waals surface area contributed by atoms with Gasteiger partial charge in [0.05, 0.1) is 18.7 Å². The van der Waals surface area contributed by atoms with Crippen LogP contribution in [0.15, 0.2) is 71.3 Å². The van der Waals surface area contributed by atoms with Crippen molar-refractivity contribution in [3.8, 4) is 5.75 Å². The van der Waals surface area contributed by atoms with Gasteiger partial charge in [-0.15, -0.1) is 0 Å². The van der Waals surface area contributed by atoms with Gasteiger partial charge in [0.25, 0.3) is 5.91 Å². The number of carbonyl (C=O) groups excluding carboxylic acids is 3. The summed E-state index contributed by atoms with van der Waals surface area (Å²) in [4.78, 5) is 38.4. The summed E-state index contributed by atoms with van der Waals surface area (Å²) in [6, 6.07) is 15.6. The summed E-state index contributed by atoms with van der Waals surface area (Å²) in [6.45, 7) is 0.331. The molecule has 0 aliphatic carbocycles. The Balaban J connectivity index is 1.26. The molecule has 0 spiro atoms. The predicted molar refractivity (Wildman–Crippen MR) is 118 cm³/mol. The van der Waals surface area contributed by atoms with Crippen molar-refractivity contribution in [1.82, 2.24) is 5.32 Å². The lowest BCUT2D eigenvalue weighted by atomic mass is 10.1.